The number of nitro benzene ring substituents is 1. The van der Waals surface area contributed by atoms with Crippen molar-refractivity contribution in [2.75, 3.05) is 28.7 Å². The van der Waals surface area contributed by atoms with Crippen molar-refractivity contribution in [2.45, 2.75) is 0 Å². The van der Waals surface area contributed by atoms with Crippen molar-refractivity contribution < 1.29 is 24.0 Å². The molecule has 11 heteroatoms. The first-order valence-corrected chi connectivity index (χ1v) is 10.4. The summed E-state index contributed by atoms with van der Waals surface area (Å²) in [5.41, 5.74) is 0.836. The first-order valence-electron chi connectivity index (χ1n) is 9.99. The third-order valence-corrected chi connectivity index (χ3v) is 5.20. The number of hydrogen-bond donors (Lipinski definition) is 2. The molecule has 34 heavy (non-hydrogen) atoms. The lowest BCUT2D eigenvalue weighted by molar-refractivity contribution is -0.384. The fourth-order valence-corrected chi connectivity index (χ4v) is 3.46. The molecule has 0 aliphatic carbocycles. The highest BCUT2D eigenvalue weighted by atomic mass is 35.5. The van der Waals surface area contributed by atoms with E-state index in [-0.39, 0.29) is 35.0 Å². The van der Waals surface area contributed by atoms with E-state index in [9.17, 15) is 24.5 Å². The number of carbonyl (C=O) groups excluding carboxylic acids is 3. The second-order valence-corrected chi connectivity index (χ2v) is 7.67. The van der Waals surface area contributed by atoms with Crippen molar-refractivity contribution in [1.29, 1.82) is 0 Å². The van der Waals surface area contributed by atoms with E-state index >= 15 is 0 Å². The molecule has 2 N–H and O–H groups in total. The average Bonchev–Trinajstić information content (AvgIpc) is 2.82. The van der Waals surface area contributed by atoms with E-state index in [1.165, 1.54) is 18.2 Å². The lowest BCUT2D eigenvalue weighted by Gasteiger charge is -2.28. The van der Waals surface area contributed by atoms with Crippen molar-refractivity contribution in [3.05, 3.63) is 87.4 Å². The summed E-state index contributed by atoms with van der Waals surface area (Å²) >= 11 is 5.86. The second kappa shape index (κ2) is 9.59. The molecule has 1 heterocycles. The zero-order valence-corrected chi connectivity index (χ0v) is 18.2. The number of carbonyl (C=O) groups is 3. The van der Waals surface area contributed by atoms with Crippen LogP contribution in [-0.2, 0) is 9.59 Å². The molecule has 0 fully saturated rings. The number of non-ortho nitro benzene ring substituents is 1. The van der Waals surface area contributed by atoms with E-state index in [2.05, 4.69) is 10.6 Å². The van der Waals surface area contributed by atoms with Crippen molar-refractivity contribution in [2.24, 2.45) is 0 Å². The predicted octanol–water partition coefficient (Wildman–Crippen LogP) is 3.86. The van der Waals surface area contributed by atoms with Gasteiger partial charge in [0.2, 0.25) is 5.91 Å². The summed E-state index contributed by atoms with van der Waals surface area (Å²) in [7, 11) is 0. The van der Waals surface area contributed by atoms with Crippen LogP contribution in [0.15, 0.2) is 66.7 Å². The van der Waals surface area contributed by atoms with Crippen LogP contribution in [0.25, 0.3) is 0 Å². The third kappa shape index (κ3) is 4.97. The highest BCUT2D eigenvalue weighted by Gasteiger charge is 2.29. The zero-order valence-electron chi connectivity index (χ0n) is 17.5. The van der Waals surface area contributed by atoms with Crippen LogP contribution in [0, 0.1) is 10.1 Å². The molecule has 0 saturated heterocycles. The van der Waals surface area contributed by atoms with Crippen molar-refractivity contribution >= 4 is 52.1 Å². The Morgan fingerprint density at radius 1 is 1.06 bits per heavy atom. The molecule has 1 aliphatic rings. The van der Waals surface area contributed by atoms with Gasteiger partial charge in [-0.15, -0.1) is 0 Å². The van der Waals surface area contributed by atoms with Crippen LogP contribution in [0.5, 0.6) is 5.75 Å². The molecular formula is C23H17ClN4O6. The minimum Gasteiger partial charge on any atom is -0.482 e. The fourth-order valence-electron chi connectivity index (χ4n) is 3.33. The monoisotopic (exact) mass is 480 g/mol. The van der Waals surface area contributed by atoms with Gasteiger partial charge in [-0.2, -0.15) is 0 Å². The van der Waals surface area contributed by atoms with Crippen LogP contribution in [0.1, 0.15) is 10.4 Å². The smallest absolute Gasteiger partial charge is 0.271 e. The molecule has 0 spiro atoms. The molecule has 172 valence electrons. The lowest BCUT2D eigenvalue weighted by atomic mass is 10.1. The van der Waals surface area contributed by atoms with Crippen LogP contribution >= 0.6 is 11.6 Å². The minimum atomic E-state index is -0.604. The predicted molar refractivity (Wildman–Crippen MR) is 125 cm³/mol. The number of nitro groups is 1. The van der Waals surface area contributed by atoms with Gasteiger partial charge in [0, 0.05) is 22.8 Å². The van der Waals surface area contributed by atoms with E-state index in [1.807, 2.05) is 0 Å². The first kappa shape index (κ1) is 22.7. The van der Waals surface area contributed by atoms with Gasteiger partial charge in [-0.25, -0.2) is 0 Å². The van der Waals surface area contributed by atoms with E-state index in [0.29, 0.717) is 10.7 Å². The van der Waals surface area contributed by atoms with E-state index in [4.69, 9.17) is 16.3 Å². The maximum Gasteiger partial charge on any atom is 0.271 e. The maximum absolute atomic E-state index is 12.8. The lowest BCUT2D eigenvalue weighted by Crippen LogP contribution is -2.43. The number of anilines is 3. The molecule has 0 saturated carbocycles. The molecule has 0 aromatic heterocycles. The van der Waals surface area contributed by atoms with Gasteiger partial charge in [0.05, 0.1) is 21.9 Å². The van der Waals surface area contributed by atoms with Gasteiger partial charge in [-0.1, -0.05) is 23.7 Å². The Labute approximate surface area is 198 Å². The molecule has 0 bridgehead atoms. The highest BCUT2D eigenvalue weighted by molar-refractivity contribution is 6.30. The number of halogens is 1. The third-order valence-electron chi connectivity index (χ3n) is 4.95. The van der Waals surface area contributed by atoms with Crippen LogP contribution in [0.3, 0.4) is 0 Å². The van der Waals surface area contributed by atoms with Gasteiger partial charge < -0.3 is 15.4 Å². The normalized spacial score (nSPS) is 12.4. The van der Waals surface area contributed by atoms with Crippen molar-refractivity contribution in [3.8, 4) is 5.75 Å². The Morgan fingerprint density at radius 3 is 2.53 bits per heavy atom. The summed E-state index contributed by atoms with van der Waals surface area (Å²) in [6.45, 7) is -0.734. The Kier molecular flexibility index (Phi) is 6.42. The number of nitrogens with one attached hydrogen (secondary N) is 2. The number of amides is 3. The molecule has 0 radical (unpaired) electrons. The summed E-state index contributed by atoms with van der Waals surface area (Å²) in [5, 5.41) is 17.0. The molecule has 0 atom stereocenters. The topological polar surface area (TPSA) is 131 Å². The molecule has 0 unspecified atom stereocenters. The van der Waals surface area contributed by atoms with Gasteiger partial charge >= 0.3 is 0 Å². The van der Waals surface area contributed by atoms with Crippen LogP contribution in [0.2, 0.25) is 5.02 Å². The Morgan fingerprint density at radius 2 is 1.79 bits per heavy atom. The standard InChI is InChI=1S/C23H17ClN4O6/c24-14-5-7-15(8-6-14)25-23(31)17-3-1-2-4-18(17)26-21(29)12-27-19-11-16(28(32)33)9-10-20(19)34-13-22(27)30/h1-11H,12-13H2,(H,25,31)(H,26,29). The largest absolute Gasteiger partial charge is 0.482 e. The van der Waals surface area contributed by atoms with E-state index < -0.39 is 29.2 Å². The number of nitrogens with zero attached hydrogens (tertiary/aromatic N) is 2. The number of fused-ring (bicyclic) bond motifs is 1. The summed E-state index contributed by atoms with van der Waals surface area (Å²) in [4.78, 5) is 49.6. The molecular weight excluding hydrogens is 464 g/mol. The van der Waals surface area contributed by atoms with Crippen molar-refractivity contribution in [3.63, 3.8) is 0 Å². The number of hydrogen-bond acceptors (Lipinski definition) is 6. The molecule has 3 aromatic rings. The Hall–Kier alpha value is -4.44. The molecule has 1 aliphatic heterocycles. The summed E-state index contributed by atoms with van der Waals surface area (Å²) in [5.74, 6) is -1.33. The summed E-state index contributed by atoms with van der Waals surface area (Å²) < 4.78 is 5.31. The number of ether oxygens (including phenoxy) is 1. The van der Waals surface area contributed by atoms with E-state index in [0.717, 1.165) is 4.90 Å². The van der Waals surface area contributed by atoms with Gasteiger partial charge in [0.25, 0.3) is 17.5 Å². The summed E-state index contributed by atoms with van der Waals surface area (Å²) in [6.07, 6.45) is 0. The van der Waals surface area contributed by atoms with Crippen LogP contribution in [-0.4, -0.2) is 35.8 Å². The summed E-state index contributed by atoms with van der Waals surface area (Å²) in [6, 6.07) is 16.7. The van der Waals surface area contributed by atoms with Gasteiger partial charge in [0.1, 0.15) is 12.3 Å². The SMILES string of the molecule is O=C(CN1C(=O)COc2ccc([N+](=O)[O-])cc21)Nc1ccccc1C(=O)Nc1ccc(Cl)cc1. The van der Waals surface area contributed by atoms with Crippen LogP contribution in [0.4, 0.5) is 22.7 Å². The fraction of sp³-hybridized carbons (Fsp3) is 0.0870. The zero-order chi connectivity index (χ0) is 24.2. The minimum absolute atomic E-state index is 0.120. The Balaban J connectivity index is 1.52. The second-order valence-electron chi connectivity index (χ2n) is 7.23. The highest BCUT2D eigenvalue weighted by Crippen LogP contribution is 2.35. The first-order chi connectivity index (χ1) is 16.3. The number of benzene rings is 3. The van der Waals surface area contributed by atoms with Crippen molar-refractivity contribution in [1.82, 2.24) is 0 Å². The average molecular weight is 481 g/mol. The van der Waals surface area contributed by atoms with Gasteiger partial charge in [-0.3, -0.25) is 29.4 Å². The van der Waals surface area contributed by atoms with Gasteiger partial charge in [-0.05, 0) is 42.5 Å². The van der Waals surface area contributed by atoms with Gasteiger partial charge in [0.15, 0.2) is 6.61 Å². The van der Waals surface area contributed by atoms with E-state index in [1.54, 1.807) is 48.5 Å². The van der Waals surface area contributed by atoms with Crippen LogP contribution < -0.4 is 20.3 Å². The Bertz CT molecular complexity index is 1290. The molecule has 3 aromatic carbocycles. The molecule has 3 amide bonds. The molecule has 4 rings (SSSR count). The quantitative estimate of drug-likeness (QED) is 0.407. The number of rotatable bonds is 6. The molecule has 10 nitrogen and oxygen atoms in total. The number of para-hydroxylation sites is 1. The maximum atomic E-state index is 12.8.